The van der Waals surface area contributed by atoms with Gasteiger partial charge in [-0.2, -0.15) is 10.2 Å². The van der Waals surface area contributed by atoms with Crippen LogP contribution in [-0.2, 0) is 24.4 Å². The second-order valence-electron chi connectivity index (χ2n) is 8.05. The predicted octanol–water partition coefficient (Wildman–Crippen LogP) is 4.18. The molecular weight excluding hydrogens is 448 g/mol. The number of rotatable bonds is 9. The number of amides is 1. The third kappa shape index (κ3) is 5.26. The van der Waals surface area contributed by atoms with Crippen molar-refractivity contribution in [1.82, 2.24) is 29.9 Å². The predicted molar refractivity (Wildman–Crippen MR) is 133 cm³/mol. The highest BCUT2D eigenvalue weighted by molar-refractivity contribution is 7.71. The highest BCUT2D eigenvalue weighted by Gasteiger charge is 2.14. The molecule has 2 aromatic heterocycles. The first-order valence-corrected chi connectivity index (χ1v) is 11.5. The number of ether oxygens (including phenoxy) is 1. The van der Waals surface area contributed by atoms with Crippen molar-refractivity contribution in [2.24, 2.45) is 0 Å². The molecule has 0 fully saturated rings. The maximum Gasteiger partial charge on any atom is 0.222 e. The van der Waals surface area contributed by atoms with Gasteiger partial charge in [0, 0.05) is 36.3 Å². The van der Waals surface area contributed by atoms with Crippen molar-refractivity contribution in [3.05, 3.63) is 81.9 Å². The lowest BCUT2D eigenvalue weighted by Crippen LogP contribution is -2.24. The lowest BCUT2D eigenvalue weighted by atomic mass is 10.2. The topological polar surface area (TPSA) is 89.8 Å². The number of carbonyl (C=O) groups is 1. The van der Waals surface area contributed by atoms with Gasteiger partial charge in [-0.05, 0) is 55.9 Å². The van der Waals surface area contributed by atoms with E-state index in [1.54, 1.807) is 7.11 Å². The molecule has 2 N–H and O–H groups in total. The van der Waals surface area contributed by atoms with Gasteiger partial charge in [-0.1, -0.05) is 30.3 Å². The van der Waals surface area contributed by atoms with Crippen LogP contribution in [0, 0.1) is 18.6 Å². The molecule has 4 aromatic rings. The molecule has 176 valence electrons. The van der Waals surface area contributed by atoms with Gasteiger partial charge >= 0.3 is 0 Å². The Hall–Kier alpha value is -3.72. The minimum absolute atomic E-state index is 0.0570. The molecule has 4 rings (SSSR count). The van der Waals surface area contributed by atoms with Gasteiger partial charge in [0.15, 0.2) is 10.6 Å². The highest BCUT2D eigenvalue weighted by atomic mass is 32.1. The van der Waals surface area contributed by atoms with Crippen LogP contribution in [0.3, 0.4) is 0 Å². The average molecular weight is 477 g/mol. The zero-order valence-corrected chi connectivity index (χ0v) is 20.4. The quantitative estimate of drug-likeness (QED) is 0.354. The van der Waals surface area contributed by atoms with Gasteiger partial charge in [0.05, 0.1) is 19.3 Å². The number of carbonyl (C=O) groups excluding carboxylic acids is 1. The Morgan fingerprint density at radius 3 is 2.56 bits per heavy atom. The van der Waals surface area contributed by atoms with E-state index >= 15 is 0 Å². The molecule has 34 heavy (non-hydrogen) atoms. The summed E-state index contributed by atoms with van der Waals surface area (Å²) in [6.07, 6.45) is 0.285. The fourth-order valence-corrected chi connectivity index (χ4v) is 4.10. The minimum Gasteiger partial charge on any atom is -0.497 e. The zero-order chi connectivity index (χ0) is 24.1. The molecule has 0 aliphatic carbocycles. The van der Waals surface area contributed by atoms with Crippen molar-refractivity contribution < 1.29 is 9.53 Å². The molecule has 0 spiro atoms. The number of hydrogen-bond donors (Lipinski definition) is 2. The van der Waals surface area contributed by atoms with Crippen LogP contribution in [-0.4, -0.2) is 37.6 Å². The summed E-state index contributed by atoms with van der Waals surface area (Å²) < 4.78 is 9.52. The molecule has 1 amide bonds. The van der Waals surface area contributed by atoms with Crippen LogP contribution < -0.4 is 10.1 Å². The van der Waals surface area contributed by atoms with E-state index in [9.17, 15) is 4.79 Å². The Labute approximate surface area is 203 Å². The number of H-pyrrole nitrogens is 1. The molecule has 0 aliphatic heterocycles. The van der Waals surface area contributed by atoms with E-state index in [0.717, 1.165) is 28.3 Å². The minimum atomic E-state index is -0.0570. The average Bonchev–Trinajstić information content (AvgIpc) is 3.35. The van der Waals surface area contributed by atoms with Crippen LogP contribution in [0.2, 0.25) is 0 Å². The molecule has 0 unspecified atom stereocenters. The molecule has 2 aromatic carbocycles. The normalized spacial score (nSPS) is 10.9. The van der Waals surface area contributed by atoms with E-state index < -0.39 is 0 Å². The van der Waals surface area contributed by atoms with Crippen LogP contribution in [0.25, 0.3) is 11.4 Å². The number of nitrogens with zero attached hydrogens (tertiary/aromatic N) is 4. The SMILES string of the molecule is COc1ccc(-c2n[nH]c(=S)n2CCC(=O)NCc2c(C)nn(Cc3ccccc3)c2C)cc1. The summed E-state index contributed by atoms with van der Waals surface area (Å²) in [6.45, 7) is 5.58. The monoisotopic (exact) mass is 476 g/mol. The van der Waals surface area contributed by atoms with Crippen LogP contribution >= 0.6 is 12.2 Å². The number of aryl methyl sites for hydroxylation is 1. The van der Waals surface area contributed by atoms with Gasteiger partial charge in [-0.15, -0.1) is 0 Å². The summed E-state index contributed by atoms with van der Waals surface area (Å²) in [4.78, 5) is 12.6. The van der Waals surface area contributed by atoms with Crippen LogP contribution in [0.1, 0.15) is 28.9 Å². The van der Waals surface area contributed by atoms with E-state index in [1.165, 1.54) is 5.56 Å². The maximum absolute atomic E-state index is 12.6. The number of benzene rings is 2. The van der Waals surface area contributed by atoms with Crippen LogP contribution in [0.15, 0.2) is 54.6 Å². The Bertz CT molecular complexity index is 1320. The number of aromatic amines is 1. The van der Waals surface area contributed by atoms with E-state index in [-0.39, 0.29) is 12.3 Å². The Morgan fingerprint density at radius 2 is 1.85 bits per heavy atom. The summed E-state index contributed by atoms with van der Waals surface area (Å²) >= 11 is 5.38. The van der Waals surface area contributed by atoms with E-state index in [2.05, 4.69) is 32.7 Å². The number of methoxy groups -OCH3 is 1. The van der Waals surface area contributed by atoms with Crippen molar-refractivity contribution in [1.29, 1.82) is 0 Å². The number of aromatic nitrogens is 5. The molecule has 0 saturated heterocycles. The third-order valence-corrected chi connectivity index (χ3v) is 6.15. The zero-order valence-electron chi connectivity index (χ0n) is 19.5. The lowest BCUT2D eigenvalue weighted by molar-refractivity contribution is -0.121. The summed E-state index contributed by atoms with van der Waals surface area (Å²) in [5.74, 6) is 1.40. The largest absolute Gasteiger partial charge is 0.497 e. The molecule has 0 radical (unpaired) electrons. The van der Waals surface area contributed by atoms with Crippen LogP contribution in [0.5, 0.6) is 5.75 Å². The molecule has 2 heterocycles. The van der Waals surface area contributed by atoms with Crippen molar-refractivity contribution >= 4 is 18.1 Å². The molecule has 0 atom stereocenters. The van der Waals surface area contributed by atoms with Gasteiger partial charge in [-0.3, -0.25) is 19.1 Å². The fourth-order valence-electron chi connectivity index (χ4n) is 3.87. The van der Waals surface area contributed by atoms with Crippen LogP contribution in [0.4, 0.5) is 0 Å². The van der Waals surface area contributed by atoms with Gasteiger partial charge < -0.3 is 10.1 Å². The van der Waals surface area contributed by atoms with E-state index in [1.807, 2.05) is 65.6 Å². The standard InChI is InChI=1S/C25H28N6O2S/c1-17-22(18(2)31(29-17)16-19-7-5-4-6-8-19)15-26-23(32)13-14-30-24(27-28-25(30)34)20-9-11-21(33-3)12-10-20/h4-12H,13-16H2,1-3H3,(H,26,32)(H,28,34). The first-order chi connectivity index (χ1) is 16.5. The maximum atomic E-state index is 12.6. The first kappa shape index (κ1) is 23.4. The van der Waals surface area contributed by atoms with Crippen molar-refractivity contribution in [3.8, 4) is 17.1 Å². The van der Waals surface area contributed by atoms with Gasteiger partial charge in [0.25, 0.3) is 0 Å². The Balaban J connectivity index is 1.37. The van der Waals surface area contributed by atoms with Gasteiger partial charge in [0.2, 0.25) is 5.91 Å². The summed E-state index contributed by atoms with van der Waals surface area (Å²) in [7, 11) is 1.63. The number of nitrogens with one attached hydrogen (secondary N) is 2. The second-order valence-corrected chi connectivity index (χ2v) is 8.44. The molecule has 0 bridgehead atoms. The molecular formula is C25H28N6O2S. The Kier molecular flexibility index (Phi) is 7.22. The fraction of sp³-hybridized carbons (Fsp3) is 0.280. The third-order valence-electron chi connectivity index (χ3n) is 5.84. The lowest BCUT2D eigenvalue weighted by Gasteiger charge is -2.09. The summed E-state index contributed by atoms with van der Waals surface area (Å²) in [6, 6.07) is 17.8. The van der Waals surface area contributed by atoms with Crippen molar-refractivity contribution in [2.45, 2.75) is 39.9 Å². The van der Waals surface area contributed by atoms with E-state index in [0.29, 0.717) is 30.2 Å². The molecule has 0 saturated carbocycles. The van der Waals surface area contributed by atoms with Crippen molar-refractivity contribution in [3.63, 3.8) is 0 Å². The van der Waals surface area contributed by atoms with Gasteiger partial charge in [0.1, 0.15) is 5.75 Å². The molecule has 8 nitrogen and oxygen atoms in total. The Morgan fingerprint density at radius 1 is 1.12 bits per heavy atom. The molecule has 0 aliphatic rings. The highest BCUT2D eigenvalue weighted by Crippen LogP contribution is 2.21. The van der Waals surface area contributed by atoms with E-state index in [4.69, 9.17) is 17.0 Å². The summed E-state index contributed by atoms with van der Waals surface area (Å²) in [5.41, 5.74) is 5.11. The summed E-state index contributed by atoms with van der Waals surface area (Å²) in [5, 5.41) is 14.9. The number of hydrogen-bond acceptors (Lipinski definition) is 5. The molecule has 9 heteroatoms. The smallest absolute Gasteiger partial charge is 0.222 e. The first-order valence-electron chi connectivity index (χ1n) is 11.1. The van der Waals surface area contributed by atoms with Gasteiger partial charge in [-0.25, -0.2) is 0 Å². The van der Waals surface area contributed by atoms with Crippen molar-refractivity contribution in [2.75, 3.05) is 7.11 Å². The second kappa shape index (κ2) is 10.5.